The highest BCUT2D eigenvalue weighted by Gasteiger charge is 2.17. The van der Waals surface area contributed by atoms with Gasteiger partial charge < -0.3 is 14.5 Å². The first-order valence-electron chi connectivity index (χ1n) is 8.87. The van der Waals surface area contributed by atoms with Crippen LogP contribution in [0.2, 0.25) is 10.0 Å². The van der Waals surface area contributed by atoms with Crippen molar-refractivity contribution in [2.75, 3.05) is 12.4 Å². The molecule has 4 aromatic rings. The summed E-state index contributed by atoms with van der Waals surface area (Å²) >= 11 is 15.7. The molecule has 0 saturated carbocycles. The molecule has 8 heteroatoms. The predicted octanol–water partition coefficient (Wildman–Crippen LogP) is 7.13. The molecule has 1 aromatic heterocycles. The van der Waals surface area contributed by atoms with Crippen LogP contribution in [0, 0.1) is 6.92 Å². The van der Waals surface area contributed by atoms with E-state index in [1.807, 2.05) is 19.1 Å². The Morgan fingerprint density at radius 2 is 1.97 bits per heavy atom. The Bertz CT molecular complexity index is 1290. The number of oxazole rings is 1. The van der Waals surface area contributed by atoms with Crippen molar-refractivity contribution < 1.29 is 13.9 Å². The standard InChI is InChI=1S/C22H15BrCl2N2O3/c1-11-6-13(23)8-16(19(11)29-2)21(28)26-15-5-3-4-12(7-15)22-27-18-10-14(24)9-17(25)20(18)30-22/h3-10H,1-2H3,(H,26,28). The number of hydrogen-bond donors (Lipinski definition) is 1. The minimum atomic E-state index is -0.291. The molecule has 1 N–H and O–H groups in total. The van der Waals surface area contributed by atoms with Crippen molar-refractivity contribution >= 4 is 61.8 Å². The van der Waals surface area contributed by atoms with Crippen molar-refractivity contribution in [2.24, 2.45) is 0 Å². The summed E-state index contributed by atoms with van der Waals surface area (Å²) in [5.74, 6) is 0.610. The van der Waals surface area contributed by atoms with Crippen LogP contribution in [0.1, 0.15) is 15.9 Å². The molecule has 0 saturated heterocycles. The number of nitrogens with one attached hydrogen (secondary N) is 1. The Morgan fingerprint density at radius 1 is 1.17 bits per heavy atom. The number of fused-ring (bicyclic) bond motifs is 1. The first-order valence-corrected chi connectivity index (χ1v) is 10.4. The van der Waals surface area contributed by atoms with Crippen LogP contribution in [-0.2, 0) is 0 Å². The van der Waals surface area contributed by atoms with E-state index in [1.54, 1.807) is 36.4 Å². The van der Waals surface area contributed by atoms with E-state index < -0.39 is 0 Å². The number of carbonyl (C=O) groups is 1. The number of ether oxygens (including phenoxy) is 1. The number of rotatable bonds is 4. The number of anilines is 1. The monoisotopic (exact) mass is 504 g/mol. The van der Waals surface area contributed by atoms with Crippen molar-refractivity contribution in [1.82, 2.24) is 4.98 Å². The summed E-state index contributed by atoms with van der Waals surface area (Å²) in [6, 6.07) is 14.1. The number of methoxy groups -OCH3 is 1. The Morgan fingerprint density at radius 3 is 2.73 bits per heavy atom. The Kier molecular flexibility index (Phi) is 5.73. The third kappa shape index (κ3) is 4.03. The maximum Gasteiger partial charge on any atom is 0.259 e. The highest BCUT2D eigenvalue weighted by atomic mass is 79.9. The Balaban J connectivity index is 1.67. The largest absolute Gasteiger partial charge is 0.496 e. The van der Waals surface area contributed by atoms with E-state index in [0.717, 1.165) is 10.0 Å². The number of hydrogen-bond acceptors (Lipinski definition) is 4. The lowest BCUT2D eigenvalue weighted by Gasteiger charge is -2.13. The molecule has 3 aromatic carbocycles. The molecule has 0 aliphatic rings. The number of nitrogens with zero attached hydrogens (tertiary/aromatic N) is 1. The average molecular weight is 506 g/mol. The summed E-state index contributed by atoms with van der Waals surface area (Å²) in [4.78, 5) is 17.3. The fraction of sp³-hybridized carbons (Fsp3) is 0.0909. The highest BCUT2D eigenvalue weighted by molar-refractivity contribution is 9.10. The van der Waals surface area contributed by atoms with Crippen molar-refractivity contribution in [3.05, 3.63) is 74.2 Å². The molecule has 152 valence electrons. The van der Waals surface area contributed by atoms with E-state index in [4.69, 9.17) is 32.4 Å². The summed E-state index contributed by atoms with van der Waals surface area (Å²) in [6.45, 7) is 1.88. The Hall–Kier alpha value is -2.54. The summed E-state index contributed by atoms with van der Waals surface area (Å²) in [5.41, 5.74) is 3.58. The summed E-state index contributed by atoms with van der Waals surface area (Å²) < 4.78 is 12.0. The van der Waals surface area contributed by atoms with Crippen LogP contribution in [0.15, 0.2) is 57.4 Å². The fourth-order valence-electron chi connectivity index (χ4n) is 3.18. The highest BCUT2D eigenvalue weighted by Crippen LogP contribution is 2.33. The second-order valence-electron chi connectivity index (χ2n) is 6.59. The van der Waals surface area contributed by atoms with Gasteiger partial charge in [0.25, 0.3) is 5.91 Å². The smallest absolute Gasteiger partial charge is 0.259 e. The van der Waals surface area contributed by atoms with Gasteiger partial charge in [-0.1, -0.05) is 45.2 Å². The van der Waals surface area contributed by atoms with E-state index >= 15 is 0 Å². The molecular formula is C22H15BrCl2N2O3. The van der Waals surface area contributed by atoms with Crippen LogP contribution in [-0.4, -0.2) is 18.0 Å². The molecule has 1 amide bonds. The second kappa shape index (κ2) is 8.30. The zero-order valence-corrected chi connectivity index (χ0v) is 19.0. The van der Waals surface area contributed by atoms with Gasteiger partial charge in [-0.3, -0.25) is 4.79 Å². The van der Waals surface area contributed by atoms with Gasteiger partial charge >= 0.3 is 0 Å². The van der Waals surface area contributed by atoms with Gasteiger partial charge in [-0.2, -0.15) is 0 Å². The van der Waals surface area contributed by atoms with Gasteiger partial charge in [0.05, 0.1) is 17.7 Å². The molecule has 0 unspecified atom stereocenters. The van der Waals surface area contributed by atoms with E-state index in [0.29, 0.717) is 49.6 Å². The number of benzene rings is 3. The summed E-state index contributed by atoms with van der Waals surface area (Å²) in [7, 11) is 1.54. The average Bonchev–Trinajstić information content (AvgIpc) is 3.12. The van der Waals surface area contributed by atoms with E-state index in [1.165, 1.54) is 7.11 Å². The summed E-state index contributed by atoms with van der Waals surface area (Å²) in [5, 5.41) is 3.76. The molecule has 0 atom stereocenters. The van der Waals surface area contributed by atoms with Gasteiger partial charge in [0.1, 0.15) is 11.3 Å². The normalized spacial score (nSPS) is 11.0. The zero-order valence-electron chi connectivity index (χ0n) is 15.9. The number of halogens is 3. The quantitative estimate of drug-likeness (QED) is 0.320. The zero-order chi connectivity index (χ0) is 21.4. The van der Waals surface area contributed by atoms with Crippen molar-refractivity contribution in [3.63, 3.8) is 0 Å². The molecule has 0 aliphatic heterocycles. The summed E-state index contributed by atoms with van der Waals surface area (Å²) in [6.07, 6.45) is 0. The van der Waals surface area contributed by atoms with E-state index in [2.05, 4.69) is 26.2 Å². The molecule has 0 bridgehead atoms. The molecule has 0 fully saturated rings. The van der Waals surface area contributed by atoms with Gasteiger partial charge in [-0.15, -0.1) is 0 Å². The van der Waals surface area contributed by atoms with Crippen molar-refractivity contribution in [2.45, 2.75) is 6.92 Å². The number of aryl methyl sites for hydroxylation is 1. The lowest BCUT2D eigenvalue weighted by Crippen LogP contribution is -2.14. The third-order valence-electron chi connectivity index (χ3n) is 4.47. The number of amides is 1. The minimum Gasteiger partial charge on any atom is -0.496 e. The number of aromatic nitrogens is 1. The van der Waals surface area contributed by atoms with Crippen LogP contribution in [0.3, 0.4) is 0 Å². The van der Waals surface area contributed by atoms with Crippen molar-refractivity contribution in [1.29, 1.82) is 0 Å². The van der Waals surface area contributed by atoms with E-state index in [9.17, 15) is 4.79 Å². The lowest BCUT2D eigenvalue weighted by atomic mass is 10.1. The SMILES string of the molecule is COc1c(C)cc(Br)cc1C(=O)Nc1cccc(-c2nc3cc(Cl)cc(Cl)c3o2)c1. The molecule has 0 aliphatic carbocycles. The third-order valence-corrected chi connectivity index (χ3v) is 5.42. The molecule has 0 spiro atoms. The first kappa shape index (κ1) is 20.7. The molecular weight excluding hydrogens is 491 g/mol. The van der Waals surface area contributed by atoms with Crippen molar-refractivity contribution in [3.8, 4) is 17.2 Å². The fourth-order valence-corrected chi connectivity index (χ4v) is 4.27. The lowest BCUT2D eigenvalue weighted by molar-refractivity contribution is 0.102. The van der Waals surface area contributed by atoms with Gasteiger partial charge in [-0.25, -0.2) is 4.98 Å². The molecule has 30 heavy (non-hydrogen) atoms. The second-order valence-corrected chi connectivity index (χ2v) is 8.35. The van der Waals surface area contributed by atoms with Crippen LogP contribution in [0.25, 0.3) is 22.6 Å². The van der Waals surface area contributed by atoms with Gasteiger partial charge in [0.2, 0.25) is 5.89 Å². The molecule has 5 nitrogen and oxygen atoms in total. The number of carbonyl (C=O) groups excluding carboxylic acids is 1. The van der Waals surface area contributed by atoms with Crippen LogP contribution < -0.4 is 10.1 Å². The van der Waals surface area contributed by atoms with Crippen LogP contribution >= 0.6 is 39.1 Å². The predicted molar refractivity (Wildman–Crippen MR) is 123 cm³/mol. The van der Waals surface area contributed by atoms with Crippen LogP contribution in [0.4, 0.5) is 5.69 Å². The minimum absolute atomic E-state index is 0.291. The van der Waals surface area contributed by atoms with Gasteiger partial charge in [-0.05, 0) is 55.0 Å². The maximum absolute atomic E-state index is 12.9. The molecule has 1 heterocycles. The molecule has 0 radical (unpaired) electrons. The van der Waals surface area contributed by atoms with Crippen LogP contribution in [0.5, 0.6) is 5.75 Å². The van der Waals surface area contributed by atoms with Gasteiger partial charge in [0.15, 0.2) is 5.58 Å². The first-order chi connectivity index (χ1) is 14.4. The van der Waals surface area contributed by atoms with Gasteiger partial charge in [0, 0.05) is 20.7 Å². The Labute approximate surface area is 191 Å². The topological polar surface area (TPSA) is 64.4 Å². The van der Waals surface area contributed by atoms with E-state index in [-0.39, 0.29) is 5.91 Å². The maximum atomic E-state index is 12.9. The molecule has 4 rings (SSSR count).